The van der Waals surface area contributed by atoms with Crippen LogP contribution < -0.4 is 5.32 Å². The molecule has 0 radical (unpaired) electrons. The molecule has 144 valence electrons. The van der Waals surface area contributed by atoms with Crippen LogP contribution in [-0.2, 0) is 4.79 Å². The van der Waals surface area contributed by atoms with Crippen LogP contribution in [0.25, 0.3) is 34.1 Å². The Morgan fingerprint density at radius 1 is 1.07 bits per heavy atom. The Bertz CT molecular complexity index is 1180. The number of carbonyl (C=O) groups excluding carboxylic acids is 1. The van der Waals surface area contributed by atoms with Crippen molar-refractivity contribution >= 4 is 22.9 Å². The number of hydrogen-bond donors (Lipinski definition) is 1. The molecule has 0 spiro atoms. The van der Waals surface area contributed by atoms with E-state index in [1.54, 1.807) is 23.5 Å². The third-order valence-corrected chi connectivity index (χ3v) is 5.75. The zero-order valence-corrected chi connectivity index (χ0v) is 16.6. The first-order chi connectivity index (χ1) is 14.2. The Hall–Kier alpha value is -3.32. The van der Waals surface area contributed by atoms with Crippen molar-refractivity contribution in [1.29, 1.82) is 0 Å². The summed E-state index contributed by atoms with van der Waals surface area (Å²) in [5.74, 6) is 1.52. The van der Waals surface area contributed by atoms with Crippen LogP contribution in [-0.4, -0.2) is 21.0 Å². The predicted octanol–water partition coefficient (Wildman–Crippen LogP) is 5.36. The molecular weight excluding hydrogens is 384 g/mol. The van der Waals surface area contributed by atoms with Gasteiger partial charge in [0, 0.05) is 40.6 Å². The minimum Gasteiger partial charge on any atom is -0.334 e. The Balaban J connectivity index is 1.39. The monoisotopic (exact) mass is 402 g/mol. The first-order valence-corrected chi connectivity index (χ1v) is 10.3. The van der Waals surface area contributed by atoms with Gasteiger partial charge in [-0.1, -0.05) is 23.4 Å². The van der Waals surface area contributed by atoms with Gasteiger partial charge >= 0.3 is 0 Å². The SMILES string of the molecule is CC(=O)Nc1ccc(-c2nc(-c3cccc(-c4csc(C5CC5)n4)c3)no2)cc1. The summed E-state index contributed by atoms with van der Waals surface area (Å²) < 4.78 is 5.45. The molecule has 1 aliphatic rings. The van der Waals surface area contributed by atoms with Gasteiger partial charge in [-0.3, -0.25) is 4.79 Å². The lowest BCUT2D eigenvalue weighted by molar-refractivity contribution is -0.114. The van der Waals surface area contributed by atoms with Crippen molar-refractivity contribution in [3.05, 3.63) is 58.9 Å². The zero-order valence-electron chi connectivity index (χ0n) is 15.8. The molecule has 7 heteroatoms. The smallest absolute Gasteiger partial charge is 0.258 e. The second-order valence-electron chi connectivity index (χ2n) is 7.11. The topological polar surface area (TPSA) is 80.9 Å². The molecule has 1 saturated carbocycles. The fraction of sp³-hybridized carbons (Fsp3) is 0.182. The summed E-state index contributed by atoms with van der Waals surface area (Å²) in [5.41, 5.74) is 4.45. The number of nitrogens with one attached hydrogen (secondary N) is 1. The van der Waals surface area contributed by atoms with E-state index < -0.39 is 0 Å². The fourth-order valence-corrected chi connectivity index (χ4v) is 4.11. The van der Waals surface area contributed by atoms with Gasteiger partial charge in [-0.2, -0.15) is 4.98 Å². The van der Waals surface area contributed by atoms with Crippen LogP contribution in [0.3, 0.4) is 0 Å². The van der Waals surface area contributed by atoms with E-state index in [4.69, 9.17) is 9.51 Å². The molecule has 0 saturated heterocycles. The Labute approximate surface area is 171 Å². The van der Waals surface area contributed by atoms with E-state index in [2.05, 4.69) is 26.9 Å². The highest BCUT2D eigenvalue weighted by Crippen LogP contribution is 2.42. The molecule has 0 bridgehead atoms. The average Bonchev–Trinajstić information content (AvgIpc) is 3.26. The molecule has 1 fully saturated rings. The van der Waals surface area contributed by atoms with Gasteiger partial charge in [-0.25, -0.2) is 4.98 Å². The molecule has 1 amide bonds. The Kier molecular flexibility index (Phi) is 4.44. The number of anilines is 1. The molecule has 4 aromatic rings. The molecule has 6 nitrogen and oxygen atoms in total. The fourth-order valence-electron chi connectivity index (χ4n) is 3.11. The highest BCUT2D eigenvalue weighted by molar-refractivity contribution is 7.10. The molecule has 5 rings (SSSR count). The lowest BCUT2D eigenvalue weighted by atomic mass is 10.1. The number of benzene rings is 2. The van der Waals surface area contributed by atoms with Gasteiger partial charge in [0.2, 0.25) is 11.7 Å². The maximum absolute atomic E-state index is 11.1. The largest absolute Gasteiger partial charge is 0.334 e. The normalized spacial score (nSPS) is 13.4. The summed E-state index contributed by atoms with van der Waals surface area (Å²) in [7, 11) is 0. The highest BCUT2D eigenvalue weighted by atomic mass is 32.1. The second-order valence-corrected chi connectivity index (χ2v) is 8.00. The van der Waals surface area contributed by atoms with Crippen molar-refractivity contribution in [3.63, 3.8) is 0 Å². The van der Waals surface area contributed by atoms with Crippen molar-refractivity contribution in [2.24, 2.45) is 0 Å². The van der Waals surface area contributed by atoms with Gasteiger partial charge in [-0.15, -0.1) is 11.3 Å². The molecule has 0 aliphatic heterocycles. The lowest BCUT2D eigenvalue weighted by Crippen LogP contribution is -2.05. The van der Waals surface area contributed by atoms with Gasteiger partial charge in [0.15, 0.2) is 0 Å². The van der Waals surface area contributed by atoms with Crippen LogP contribution in [0.1, 0.15) is 30.7 Å². The van der Waals surface area contributed by atoms with Crippen LogP contribution in [0.15, 0.2) is 58.4 Å². The number of carbonyl (C=O) groups is 1. The molecule has 2 aromatic heterocycles. The number of amides is 1. The second kappa shape index (κ2) is 7.25. The van der Waals surface area contributed by atoms with Gasteiger partial charge in [0.05, 0.1) is 10.7 Å². The molecular formula is C22H18N4O2S. The third kappa shape index (κ3) is 3.82. The van der Waals surface area contributed by atoms with E-state index in [9.17, 15) is 4.79 Å². The van der Waals surface area contributed by atoms with E-state index in [1.165, 1.54) is 24.8 Å². The molecule has 0 unspecified atom stereocenters. The molecule has 29 heavy (non-hydrogen) atoms. The molecule has 1 N–H and O–H groups in total. The lowest BCUT2D eigenvalue weighted by Gasteiger charge is -2.01. The van der Waals surface area contributed by atoms with Gasteiger partial charge in [0.1, 0.15) is 0 Å². The van der Waals surface area contributed by atoms with Crippen LogP contribution in [0.4, 0.5) is 5.69 Å². The van der Waals surface area contributed by atoms with Crippen LogP contribution >= 0.6 is 11.3 Å². The summed E-state index contributed by atoms with van der Waals surface area (Å²) in [4.78, 5) is 20.5. The van der Waals surface area contributed by atoms with Crippen molar-refractivity contribution in [2.75, 3.05) is 5.32 Å². The maximum Gasteiger partial charge on any atom is 0.258 e. The van der Waals surface area contributed by atoms with E-state index in [-0.39, 0.29) is 5.91 Å². The van der Waals surface area contributed by atoms with E-state index in [0.717, 1.165) is 28.1 Å². The Morgan fingerprint density at radius 2 is 1.86 bits per heavy atom. The minimum absolute atomic E-state index is 0.109. The summed E-state index contributed by atoms with van der Waals surface area (Å²) in [6.07, 6.45) is 2.51. The minimum atomic E-state index is -0.109. The average molecular weight is 402 g/mol. The maximum atomic E-state index is 11.1. The van der Waals surface area contributed by atoms with Crippen molar-refractivity contribution in [3.8, 4) is 34.1 Å². The van der Waals surface area contributed by atoms with Crippen molar-refractivity contribution in [1.82, 2.24) is 15.1 Å². The summed E-state index contributed by atoms with van der Waals surface area (Å²) in [6, 6.07) is 15.3. The molecule has 2 heterocycles. The summed E-state index contributed by atoms with van der Waals surface area (Å²) in [5, 5.41) is 10.2. The van der Waals surface area contributed by atoms with Crippen molar-refractivity contribution < 1.29 is 9.32 Å². The van der Waals surface area contributed by atoms with Crippen LogP contribution in [0.2, 0.25) is 0 Å². The predicted molar refractivity (Wildman–Crippen MR) is 113 cm³/mol. The van der Waals surface area contributed by atoms with E-state index >= 15 is 0 Å². The molecule has 2 aromatic carbocycles. The number of nitrogens with zero attached hydrogens (tertiary/aromatic N) is 3. The first kappa shape index (κ1) is 17.8. The van der Waals surface area contributed by atoms with Crippen molar-refractivity contribution in [2.45, 2.75) is 25.7 Å². The summed E-state index contributed by atoms with van der Waals surface area (Å²) >= 11 is 1.74. The van der Waals surface area contributed by atoms with E-state index in [1.807, 2.05) is 30.3 Å². The highest BCUT2D eigenvalue weighted by Gasteiger charge is 2.26. The standard InChI is InChI=1S/C22H18N4O2S/c1-13(27)23-18-9-7-14(8-10-18)21-25-20(26-28-21)17-4-2-3-16(11-17)19-12-29-22(24-19)15-5-6-15/h2-4,7-12,15H,5-6H2,1H3,(H,23,27). The molecule has 0 atom stereocenters. The van der Waals surface area contributed by atoms with Gasteiger partial charge in [-0.05, 0) is 43.2 Å². The summed E-state index contributed by atoms with van der Waals surface area (Å²) in [6.45, 7) is 1.48. The number of thiazole rings is 1. The third-order valence-electron chi connectivity index (χ3n) is 4.74. The number of rotatable bonds is 5. The van der Waals surface area contributed by atoms with Crippen LogP contribution in [0, 0.1) is 0 Å². The number of hydrogen-bond acceptors (Lipinski definition) is 6. The van der Waals surface area contributed by atoms with Gasteiger partial charge in [0.25, 0.3) is 5.89 Å². The zero-order chi connectivity index (χ0) is 19.8. The molecule has 1 aliphatic carbocycles. The Morgan fingerprint density at radius 3 is 2.62 bits per heavy atom. The number of aromatic nitrogens is 3. The quantitative estimate of drug-likeness (QED) is 0.486. The first-order valence-electron chi connectivity index (χ1n) is 9.44. The van der Waals surface area contributed by atoms with E-state index in [0.29, 0.717) is 17.6 Å². The van der Waals surface area contributed by atoms with Gasteiger partial charge < -0.3 is 9.84 Å². The van der Waals surface area contributed by atoms with Crippen LogP contribution in [0.5, 0.6) is 0 Å².